The number of nitro groups is 1. The van der Waals surface area contributed by atoms with Crippen LogP contribution in [-0.2, 0) is 4.74 Å². The van der Waals surface area contributed by atoms with Crippen LogP contribution >= 0.6 is 0 Å². The molecule has 1 atom stereocenters. The highest BCUT2D eigenvalue weighted by molar-refractivity contribution is 5.96. The molecule has 0 saturated heterocycles. The zero-order valence-corrected chi connectivity index (χ0v) is 13.6. The average molecular weight is 354 g/mol. The van der Waals surface area contributed by atoms with Crippen molar-refractivity contribution < 1.29 is 14.5 Å². The molecule has 0 aliphatic rings. The van der Waals surface area contributed by atoms with E-state index in [1.807, 2.05) is 0 Å². The molecule has 0 bridgehead atoms. The molecular weight excluding hydrogens is 340 g/mol. The first-order valence-electron chi connectivity index (χ1n) is 7.60. The summed E-state index contributed by atoms with van der Waals surface area (Å²) >= 11 is 0. The number of para-hydroxylation sites is 1. The van der Waals surface area contributed by atoms with Crippen LogP contribution in [0, 0.1) is 10.1 Å². The van der Waals surface area contributed by atoms with Gasteiger partial charge in [-0.15, -0.1) is 0 Å². The van der Waals surface area contributed by atoms with Crippen LogP contribution in [0.15, 0.2) is 47.3 Å². The lowest BCUT2D eigenvalue weighted by Gasteiger charge is -2.14. The zero-order valence-electron chi connectivity index (χ0n) is 13.6. The number of hydrogen-bond acceptors (Lipinski definition) is 7. The Morgan fingerprint density at radius 2 is 2.04 bits per heavy atom. The topological polar surface area (TPSA) is 141 Å². The summed E-state index contributed by atoms with van der Waals surface area (Å²) in [7, 11) is 0. The van der Waals surface area contributed by atoms with Crippen LogP contribution in [0.3, 0.4) is 0 Å². The summed E-state index contributed by atoms with van der Waals surface area (Å²) in [6.07, 6.45) is -0.890. The van der Waals surface area contributed by atoms with Gasteiger partial charge in [0.1, 0.15) is 0 Å². The van der Waals surface area contributed by atoms with Crippen molar-refractivity contribution in [1.82, 2.24) is 9.97 Å². The van der Waals surface area contributed by atoms with Crippen LogP contribution in [0.25, 0.3) is 10.9 Å². The number of anilines is 1. The van der Waals surface area contributed by atoms with Crippen molar-refractivity contribution in [3.05, 3.63) is 74.3 Å². The number of fused-ring (bicyclic) bond motifs is 1. The Kier molecular flexibility index (Phi) is 4.36. The molecule has 0 aliphatic heterocycles. The molecule has 1 unspecified atom stereocenters. The number of aromatic nitrogens is 2. The SMILES string of the molecule is CC(OC(=O)c1cc([N+](=O)[O-])ccc1N)c1nc2ccccc2c(=O)[nH]1. The number of non-ortho nitro benzene ring substituents is 1. The normalized spacial score (nSPS) is 11.9. The quantitative estimate of drug-likeness (QED) is 0.317. The van der Waals surface area contributed by atoms with Crippen LogP contribution in [0.4, 0.5) is 11.4 Å². The highest BCUT2D eigenvalue weighted by Crippen LogP contribution is 2.23. The van der Waals surface area contributed by atoms with Gasteiger partial charge in [-0.05, 0) is 25.1 Å². The average Bonchev–Trinajstić information content (AvgIpc) is 2.61. The summed E-state index contributed by atoms with van der Waals surface area (Å²) < 4.78 is 5.27. The first-order valence-corrected chi connectivity index (χ1v) is 7.60. The Labute approximate surface area is 146 Å². The van der Waals surface area contributed by atoms with Crippen molar-refractivity contribution in [2.24, 2.45) is 0 Å². The van der Waals surface area contributed by atoms with Crippen molar-refractivity contribution >= 4 is 28.2 Å². The molecule has 3 rings (SSSR count). The predicted molar refractivity (Wildman–Crippen MR) is 93.7 cm³/mol. The van der Waals surface area contributed by atoms with Gasteiger partial charge in [-0.25, -0.2) is 9.78 Å². The molecule has 1 heterocycles. The third-order valence-electron chi connectivity index (χ3n) is 3.77. The molecule has 0 radical (unpaired) electrons. The van der Waals surface area contributed by atoms with E-state index in [-0.39, 0.29) is 28.3 Å². The number of nitrogens with one attached hydrogen (secondary N) is 1. The molecule has 1 aromatic heterocycles. The number of aromatic amines is 1. The summed E-state index contributed by atoms with van der Waals surface area (Å²) in [5, 5.41) is 11.3. The first-order chi connectivity index (χ1) is 12.4. The van der Waals surface area contributed by atoms with E-state index in [0.29, 0.717) is 10.9 Å². The van der Waals surface area contributed by atoms with Gasteiger partial charge in [0.2, 0.25) is 0 Å². The van der Waals surface area contributed by atoms with E-state index in [9.17, 15) is 19.7 Å². The van der Waals surface area contributed by atoms with Gasteiger partial charge in [0.15, 0.2) is 11.9 Å². The highest BCUT2D eigenvalue weighted by atomic mass is 16.6. The second-order valence-electron chi connectivity index (χ2n) is 5.54. The largest absolute Gasteiger partial charge is 0.451 e. The fourth-order valence-corrected chi connectivity index (χ4v) is 2.41. The standard InChI is InChI=1S/C17H14N4O5/c1-9(15-19-14-5-3-2-4-11(14)16(22)20-15)26-17(23)12-8-10(21(24)25)6-7-13(12)18/h2-9H,18H2,1H3,(H,19,20,22). The number of carbonyl (C=O) groups is 1. The van der Waals surface area contributed by atoms with Crippen LogP contribution in [-0.4, -0.2) is 20.9 Å². The molecule has 26 heavy (non-hydrogen) atoms. The molecule has 3 N–H and O–H groups in total. The Bertz CT molecular complexity index is 1080. The van der Waals surface area contributed by atoms with E-state index >= 15 is 0 Å². The molecule has 0 aliphatic carbocycles. The number of H-pyrrole nitrogens is 1. The van der Waals surface area contributed by atoms with Crippen LogP contribution < -0.4 is 11.3 Å². The van der Waals surface area contributed by atoms with E-state index in [1.165, 1.54) is 19.1 Å². The van der Waals surface area contributed by atoms with Gasteiger partial charge < -0.3 is 15.5 Å². The lowest BCUT2D eigenvalue weighted by Crippen LogP contribution is -2.18. The summed E-state index contributed by atoms with van der Waals surface area (Å²) in [4.78, 5) is 41.5. The van der Waals surface area contributed by atoms with Crippen molar-refractivity contribution in [1.29, 1.82) is 0 Å². The summed E-state index contributed by atoms with van der Waals surface area (Å²) in [5.41, 5.74) is 5.45. The fourth-order valence-electron chi connectivity index (χ4n) is 2.41. The maximum Gasteiger partial charge on any atom is 0.341 e. The lowest BCUT2D eigenvalue weighted by atomic mass is 10.1. The van der Waals surface area contributed by atoms with Gasteiger partial charge in [0.25, 0.3) is 11.2 Å². The zero-order chi connectivity index (χ0) is 18.8. The van der Waals surface area contributed by atoms with Crippen molar-refractivity contribution in [2.75, 3.05) is 5.73 Å². The molecule has 0 spiro atoms. The monoisotopic (exact) mass is 354 g/mol. The minimum atomic E-state index is -0.890. The van der Waals surface area contributed by atoms with Crippen molar-refractivity contribution in [2.45, 2.75) is 13.0 Å². The first kappa shape index (κ1) is 17.1. The Morgan fingerprint density at radius 1 is 1.31 bits per heavy atom. The highest BCUT2D eigenvalue weighted by Gasteiger charge is 2.21. The van der Waals surface area contributed by atoms with Gasteiger partial charge >= 0.3 is 5.97 Å². The minimum absolute atomic E-state index is 0.0489. The van der Waals surface area contributed by atoms with Crippen molar-refractivity contribution in [3.8, 4) is 0 Å². The number of nitrogen functional groups attached to an aromatic ring is 1. The van der Waals surface area contributed by atoms with E-state index in [4.69, 9.17) is 10.5 Å². The number of carbonyl (C=O) groups excluding carboxylic acids is 1. The second-order valence-corrected chi connectivity index (χ2v) is 5.54. The summed E-state index contributed by atoms with van der Waals surface area (Å²) in [6, 6.07) is 10.2. The van der Waals surface area contributed by atoms with Crippen LogP contribution in [0.5, 0.6) is 0 Å². The van der Waals surface area contributed by atoms with Gasteiger partial charge in [-0.2, -0.15) is 0 Å². The number of rotatable bonds is 4. The smallest absolute Gasteiger partial charge is 0.341 e. The molecule has 9 nitrogen and oxygen atoms in total. The summed E-state index contributed by atoms with van der Waals surface area (Å²) in [6.45, 7) is 1.53. The van der Waals surface area contributed by atoms with Gasteiger partial charge in [0.05, 0.1) is 21.4 Å². The number of hydrogen-bond donors (Lipinski definition) is 2. The fraction of sp³-hybridized carbons (Fsp3) is 0.118. The van der Waals surface area contributed by atoms with E-state index in [0.717, 1.165) is 6.07 Å². The number of nitrogens with two attached hydrogens (primary N) is 1. The van der Waals surface area contributed by atoms with Crippen molar-refractivity contribution in [3.63, 3.8) is 0 Å². The Balaban J connectivity index is 1.89. The van der Waals surface area contributed by atoms with Crippen LogP contribution in [0.1, 0.15) is 29.2 Å². The van der Waals surface area contributed by atoms with E-state index in [2.05, 4.69) is 9.97 Å². The molecule has 9 heteroatoms. The predicted octanol–water partition coefficient (Wildman–Crippen LogP) is 2.33. The maximum atomic E-state index is 12.3. The molecule has 0 amide bonds. The van der Waals surface area contributed by atoms with Crippen LogP contribution in [0.2, 0.25) is 0 Å². The van der Waals surface area contributed by atoms with Gasteiger partial charge in [-0.1, -0.05) is 12.1 Å². The third-order valence-corrected chi connectivity index (χ3v) is 3.77. The number of nitrogens with zero attached hydrogens (tertiary/aromatic N) is 2. The maximum absolute atomic E-state index is 12.3. The van der Waals surface area contributed by atoms with E-state index in [1.54, 1.807) is 24.3 Å². The third kappa shape index (κ3) is 3.22. The van der Waals surface area contributed by atoms with E-state index < -0.39 is 17.0 Å². The molecular formula is C17H14N4O5. The Morgan fingerprint density at radius 3 is 2.77 bits per heavy atom. The molecule has 0 saturated carbocycles. The molecule has 0 fully saturated rings. The molecule has 2 aromatic carbocycles. The number of nitro benzene ring substituents is 1. The van der Waals surface area contributed by atoms with Gasteiger partial charge in [-0.3, -0.25) is 14.9 Å². The number of ether oxygens (including phenoxy) is 1. The number of esters is 1. The summed E-state index contributed by atoms with van der Waals surface area (Å²) in [5.74, 6) is -0.694. The second kappa shape index (κ2) is 6.63. The number of benzene rings is 2. The molecule has 3 aromatic rings. The minimum Gasteiger partial charge on any atom is -0.451 e. The Hall–Kier alpha value is -3.75. The molecule has 132 valence electrons. The van der Waals surface area contributed by atoms with Gasteiger partial charge in [0, 0.05) is 17.8 Å². The lowest BCUT2D eigenvalue weighted by molar-refractivity contribution is -0.384.